The van der Waals surface area contributed by atoms with E-state index in [2.05, 4.69) is 19.2 Å². The zero-order valence-electron chi connectivity index (χ0n) is 11.6. The van der Waals surface area contributed by atoms with Gasteiger partial charge in [-0.1, -0.05) is 13.8 Å². The normalized spacial score (nSPS) is 13.9. The molecule has 0 saturated carbocycles. The number of carbonyl (C=O) groups excluding carboxylic acids is 1. The summed E-state index contributed by atoms with van der Waals surface area (Å²) in [4.78, 5) is 11.6. The number of rotatable bonds is 6. The predicted molar refractivity (Wildman–Crippen MR) is 67.4 cm³/mol. The molecule has 0 aliphatic carbocycles. The van der Waals surface area contributed by atoms with Crippen molar-refractivity contribution in [3.63, 3.8) is 0 Å². The molecular weight excluding hydrogens is 202 g/mol. The summed E-state index contributed by atoms with van der Waals surface area (Å²) >= 11 is 0. The lowest BCUT2D eigenvalue weighted by Crippen LogP contribution is -2.38. The molecule has 0 bridgehead atoms. The van der Waals surface area contributed by atoms with Gasteiger partial charge < -0.3 is 10.1 Å². The van der Waals surface area contributed by atoms with Crippen molar-refractivity contribution < 1.29 is 9.53 Å². The molecule has 0 aromatic rings. The second-order valence-electron chi connectivity index (χ2n) is 5.37. The smallest absolute Gasteiger partial charge is 0.307 e. The van der Waals surface area contributed by atoms with E-state index in [0.29, 0.717) is 12.5 Å². The molecule has 96 valence electrons. The molecule has 0 aliphatic rings. The fourth-order valence-electron chi connectivity index (χ4n) is 1.62. The Morgan fingerprint density at radius 2 is 1.75 bits per heavy atom. The number of carbonyl (C=O) groups is 1. The van der Waals surface area contributed by atoms with Crippen LogP contribution >= 0.6 is 0 Å². The standard InChI is InChI=1S/C13H27NO2/c1-7-11(8-2)14-10(3)9-12(15)16-13(4,5)6/h10-11,14H,7-9H2,1-6H3. The zero-order chi connectivity index (χ0) is 12.8. The second-order valence-corrected chi connectivity index (χ2v) is 5.37. The number of hydrogen-bond acceptors (Lipinski definition) is 3. The van der Waals surface area contributed by atoms with Crippen LogP contribution in [0.5, 0.6) is 0 Å². The molecule has 0 aromatic heterocycles. The van der Waals surface area contributed by atoms with Crippen LogP contribution in [-0.2, 0) is 9.53 Å². The van der Waals surface area contributed by atoms with Gasteiger partial charge in [0.15, 0.2) is 0 Å². The minimum Gasteiger partial charge on any atom is -0.460 e. The highest BCUT2D eigenvalue weighted by Crippen LogP contribution is 2.10. The van der Waals surface area contributed by atoms with Gasteiger partial charge in [0.1, 0.15) is 5.60 Å². The summed E-state index contributed by atoms with van der Waals surface area (Å²) in [6, 6.07) is 0.678. The van der Waals surface area contributed by atoms with Crippen LogP contribution in [0.1, 0.15) is 60.8 Å². The lowest BCUT2D eigenvalue weighted by atomic mass is 10.1. The van der Waals surface area contributed by atoms with Crippen molar-refractivity contribution >= 4 is 5.97 Å². The van der Waals surface area contributed by atoms with E-state index in [1.807, 2.05) is 27.7 Å². The molecule has 1 N–H and O–H groups in total. The van der Waals surface area contributed by atoms with E-state index >= 15 is 0 Å². The van der Waals surface area contributed by atoms with Gasteiger partial charge in [0, 0.05) is 12.1 Å². The van der Waals surface area contributed by atoms with E-state index < -0.39 is 0 Å². The van der Waals surface area contributed by atoms with E-state index in [1.54, 1.807) is 0 Å². The summed E-state index contributed by atoms with van der Waals surface area (Å²) in [6.45, 7) is 12.0. The first-order chi connectivity index (χ1) is 7.28. The molecule has 0 amide bonds. The first-order valence-electron chi connectivity index (χ1n) is 6.26. The Morgan fingerprint density at radius 1 is 1.25 bits per heavy atom. The van der Waals surface area contributed by atoms with Gasteiger partial charge in [0.05, 0.1) is 6.42 Å². The lowest BCUT2D eigenvalue weighted by molar-refractivity contribution is -0.155. The molecule has 0 radical (unpaired) electrons. The summed E-state index contributed by atoms with van der Waals surface area (Å²) < 4.78 is 5.28. The maximum atomic E-state index is 11.6. The maximum Gasteiger partial charge on any atom is 0.307 e. The van der Waals surface area contributed by atoms with Crippen LogP contribution in [-0.4, -0.2) is 23.7 Å². The van der Waals surface area contributed by atoms with Crippen molar-refractivity contribution in [2.24, 2.45) is 0 Å². The molecule has 3 heteroatoms. The highest BCUT2D eigenvalue weighted by Gasteiger charge is 2.19. The first kappa shape index (κ1) is 15.4. The van der Waals surface area contributed by atoms with Gasteiger partial charge in [-0.05, 0) is 40.5 Å². The topological polar surface area (TPSA) is 38.3 Å². The fourth-order valence-corrected chi connectivity index (χ4v) is 1.62. The van der Waals surface area contributed by atoms with Crippen LogP contribution in [0.4, 0.5) is 0 Å². The average molecular weight is 229 g/mol. The Hall–Kier alpha value is -0.570. The Morgan fingerprint density at radius 3 is 2.12 bits per heavy atom. The van der Waals surface area contributed by atoms with Crippen molar-refractivity contribution in [1.29, 1.82) is 0 Å². The largest absolute Gasteiger partial charge is 0.460 e. The van der Waals surface area contributed by atoms with Crippen LogP contribution in [0, 0.1) is 0 Å². The second kappa shape index (κ2) is 6.89. The van der Waals surface area contributed by atoms with E-state index in [0.717, 1.165) is 12.8 Å². The Labute approximate surface area is 99.9 Å². The van der Waals surface area contributed by atoms with Gasteiger partial charge in [0.25, 0.3) is 0 Å². The summed E-state index contributed by atoms with van der Waals surface area (Å²) in [5.41, 5.74) is -0.383. The molecule has 0 rings (SSSR count). The van der Waals surface area contributed by atoms with Crippen LogP contribution < -0.4 is 5.32 Å². The SMILES string of the molecule is CCC(CC)NC(C)CC(=O)OC(C)(C)C. The molecule has 0 heterocycles. The average Bonchev–Trinajstić information content (AvgIpc) is 2.10. The van der Waals surface area contributed by atoms with E-state index in [9.17, 15) is 4.79 Å². The summed E-state index contributed by atoms with van der Waals surface area (Å²) in [7, 11) is 0. The minimum absolute atomic E-state index is 0.126. The number of hydrogen-bond donors (Lipinski definition) is 1. The Kier molecular flexibility index (Phi) is 6.65. The van der Waals surface area contributed by atoms with E-state index in [1.165, 1.54) is 0 Å². The van der Waals surface area contributed by atoms with Gasteiger partial charge in [-0.2, -0.15) is 0 Å². The molecule has 0 fully saturated rings. The van der Waals surface area contributed by atoms with Crippen molar-refractivity contribution in [1.82, 2.24) is 5.32 Å². The molecule has 0 spiro atoms. The molecule has 0 saturated heterocycles. The van der Waals surface area contributed by atoms with Gasteiger partial charge in [-0.25, -0.2) is 0 Å². The summed E-state index contributed by atoms with van der Waals surface area (Å²) in [6.07, 6.45) is 2.62. The Balaban J connectivity index is 3.95. The van der Waals surface area contributed by atoms with Crippen LogP contribution in [0.15, 0.2) is 0 Å². The third-order valence-corrected chi connectivity index (χ3v) is 2.40. The van der Waals surface area contributed by atoms with Crippen molar-refractivity contribution in [2.45, 2.75) is 78.5 Å². The summed E-state index contributed by atoms with van der Waals surface area (Å²) in [5, 5.41) is 3.43. The molecule has 0 aliphatic heterocycles. The molecule has 1 unspecified atom stereocenters. The number of ether oxygens (including phenoxy) is 1. The van der Waals surface area contributed by atoms with E-state index in [-0.39, 0.29) is 17.6 Å². The first-order valence-corrected chi connectivity index (χ1v) is 6.26. The third kappa shape index (κ3) is 7.69. The molecule has 1 atom stereocenters. The zero-order valence-corrected chi connectivity index (χ0v) is 11.6. The summed E-state index contributed by atoms with van der Waals surface area (Å²) in [5.74, 6) is -0.126. The fraction of sp³-hybridized carbons (Fsp3) is 0.923. The lowest BCUT2D eigenvalue weighted by Gasteiger charge is -2.23. The number of nitrogens with one attached hydrogen (secondary N) is 1. The number of esters is 1. The van der Waals surface area contributed by atoms with Crippen molar-refractivity contribution in [2.75, 3.05) is 0 Å². The van der Waals surface area contributed by atoms with Gasteiger partial charge in [-0.3, -0.25) is 4.79 Å². The highest BCUT2D eigenvalue weighted by molar-refractivity contribution is 5.70. The minimum atomic E-state index is -0.383. The Bertz CT molecular complexity index is 204. The highest BCUT2D eigenvalue weighted by atomic mass is 16.6. The van der Waals surface area contributed by atoms with Crippen LogP contribution in [0.3, 0.4) is 0 Å². The van der Waals surface area contributed by atoms with E-state index in [4.69, 9.17) is 4.74 Å². The quantitative estimate of drug-likeness (QED) is 0.712. The monoisotopic (exact) mass is 229 g/mol. The van der Waals surface area contributed by atoms with Crippen LogP contribution in [0.25, 0.3) is 0 Å². The van der Waals surface area contributed by atoms with Gasteiger partial charge >= 0.3 is 5.97 Å². The maximum absolute atomic E-state index is 11.6. The molecular formula is C13H27NO2. The van der Waals surface area contributed by atoms with Crippen LogP contribution in [0.2, 0.25) is 0 Å². The third-order valence-electron chi connectivity index (χ3n) is 2.40. The molecule has 0 aromatic carbocycles. The van der Waals surface area contributed by atoms with Crippen molar-refractivity contribution in [3.8, 4) is 0 Å². The van der Waals surface area contributed by atoms with Gasteiger partial charge in [-0.15, -0.1) is 0 Å². The predicted octanol–water partition coefficient (Wildman–Crippen LogP) is 2.88. The van der Waals surface area contributed by atoms with Gasteiger partial charge in [0.2, 0.25) is 0 Å². The van der Waals surface area contributed by atoms with Crippen molar-refractivity contribution in [3.05, 3.63) is 0 Å². The molecule has 3 nitrogen and oxygen atoms in total. The molecule has 16 heavy (non-hydrogen) atoms.